The Bertz CT molecular complexity index is 937. The molecule has 126 valence electrons. The minimum absolute atomic E-state index is 0.240. The fourth-order valence-electron chi connectivity index (χ4n) is 2.94. The fourth-order valence-corrected chi connectivity index (χ4v) is 2.94. The zero-order valence-corrected chi connectivity index (χ0v) is 13.2. The summed E-state index contributed by atoms with van der Waals surface area (Å²) in [7, 11) is 0. The third-order valence-electron chi connectivity index (χ3n) is 4.19. The van der Waals surface area contributed by atoms with Gasteiger partial charge >= 0.3 is 0 Å². The maximum absolute atomic E-state index is 5.52. The Balaban J connectivity index is 1.33. The number of fused-ring (bicyclic) bond motifs is 2. The van der Waals surface area contributed by atoms with Gasteiger partial charge in [-0.05, 0) is 36.2 Å². The lowest BCUT2D eigenvalue weighted by Gasteiger charge is -2.03. The second-order valence-electron chi connectivity index (χ2n) is 5.73. The van der Waals surface area contributed by atoms with E-state index in [9.17, 15) is 0 Å². The fraction of sp³-hybridized carbons (Fsp3) is 0.222. The van der Waals surface area contributed by atoms with Crippen LogP contribution in [0.25, 0.3) is 11.4 Å². The molecule has 3 heterocycles. The highest BCUT2D eigenvalue weighted by atomic mass is 16.7. The molecular formula is C18H14N2O5. The number of hydrogen-bond acceptors (Lipinski definition) is 7. The van der Waals surface area contributed by atoms with Crippen molar-refractivity contribution in [2.75, 3.05) is 13.6 Å². The van der Waals surface area contributed by atoms with Gasteiger partial charge in [-0.2, -0.15) is 4.98 Å². The topological polar surface area (TPSA) is 75.8 Å². The van der Waals surface area contributed by atoms with Crippen LogP contribution in [0.2, 0.25) is 0 Å². The second kappa shape index (κ2) is 5.70. The van der Waals surface area contributed by atoms with E-state index < -0.39 is 0 Å². The highest BCUT2D eigenvalue weighted by molar-refractivity contribution is 5.61. The summed E-state index contributed by atoms with van der Waals surface area (Å²) in [5, 5.41) is 4.06. The average Bonchev–Trinajstić information content (AvgIpc) is 3.38. The van der Waals surface area contributed by atoms with E-state index in [1.165, 1.54) is 0 Å². The molecule has 2 aliphatic rings. The summed E-state index contributed by atoms with van der Waals surface area (Å²) in [6.07, 6.45) is 1.35. The molecule has 0 saturated carbocycles. The third kappa shape index (κ3) is 2.53. The zero-order valence-electron chi connectivity index (χ0n) is 13.2. The average molecular weight is 338 g/mol. The van der Waals surface area contributed by atoms with Gasteiger partial charge < -0.3 is 23.5 Å². The van der Waals surface area contributed by atoms with Crippen molar-refractivity contribution in [1.82, 2.24) is 10.1 Å². The van der Waals surface area contributed by atoms with E-state index in [2.05, 4.69) is 10.1 Å². The van der Waals surface area contributed by atoms with Gasteiger partial charge in [0.2, 0.25) is 25.3 Å². The predicted molar refractivity (Wildman–Crippen MR) is 85.8 cm³/mol. The molecule has 25 heavy (non-hydrogen) atoms. The van der Waals surface area contributed by atoms with Crippen molar-refractivity contribution in [2.24, 2.45) is 0 Å². The predicted octanol–water partition coefficient (Wildman–Crippen LogP) is 2.98. The molecule has 0 bridgehead atoms. The molecule has 0 saturated heterocycles. The lowest BCUT2D eigenvalue weighted by molar-refractivity contribution is 0.173. The van der Waals surface area contributed by atoms with Crippen molar-refractivity contribution in [3.63, 3.8) is 0 Å². The Hall–Kier alpha value is -3.22. The summed E-state index contributed by atoms with van der Waals surface area (Å²) in [5.41, 5.74) is 1.90. The maximum Gasteiger partial charge on any atom is 0.231 e. The number of ether oxygens (including phenoxy) is 4. The lowest BCUT2D eigenvalue weighted by Crippen LogP contribution is -1.96. The van der Waals surface area contributed by atoms with Gasteiger partial charge in [0, 0.05) is 12.0 Å². The Morgan fingerprint density at radius 1 is 0.840 bits per heavy atom. The summed E-state index contributed by atoms with van der Waals surface area (Å²) >= 11 is 0. The van der Waals surface area contributed by atoms with Gasteiger partial charge in [-0.15, -0.1) is 0 Å². The van der Waals surface area contributed by atoms with Gasteiger partial charge in [0.25, 0.3) is 0 Å². The van der Waals surface area contributed by atoms with E-state index in [0.29, 0.717) is 23.9 Å². The van der Waals surface area contributed by atoms with Gasteiger partial charge in [-0.25, -0.2) is 0 Å². The van der Waals surface area contributed by atoms with Crippen molar-refractivity contribution in [2.45, 2.75) is 12.8 Å². The smallest absolute Gasteiger partial charge is 0.231 e. The Kier molecular flexibility index (Phi) is 3.22. The SMILES string of the molecule is c1cc(CCc2nc(-c3ccc4c(c3)OCO4)no2)c2c(c1)OCO2. The molecule has 3 aromatic rings. The van der Waals surface area contributed by atoms with Crippen LogP contribution in [-0.4, -0.2) is 23.7 Å². The van der Waals surface area contributed by atoms with Crippen LogP contribution >= 0.6 is 0 Å². The molecule has 5 rings (SSSR count). The van der Waals surface area contributed by atoms with Crippen LogP contribution in [0.15, 0.2) is 40.9 Å². The van der Waals surface area contributed by atoms with Crippen molar-refractivity contribution in [1.29, 1.82) is 0 Å². The molecule has 0 N–H and O–H groups in total. The van der Waals surface area contributed by atoms with Gasteiger partial charge in [-0.1, -0.05) is 17.3 Å². The molecule has 7 heteroatoms. The Morgan fingerprint density at radius 2 is 1.72 bits per heavy atom. The van der Waals surface area contributed by atoms with Gasteiger partial charge in [-0.3, -0.25) is 0 Å². The molecule has 2 aromatic carbocycles. The number of benzene rings is 2. The van der Waals surface area contributed by atoms with Gasteiger partial charge in [0.1, 0.15) is 0 Å². The second-order valence-corrected chi connectivity index (χ2v) is 5.73. The van der Waals surface area contributed by atoms with E-state index in [1.54, 1.807) is 0 Å². The summed E-state index contributed by atoms with van der Waals surface area (Å²) in [5.74, 6) is 4.12. The molecule has 0 spiro atoms. The van der Waals surface area contributed by atoms with Crippen LogP contribution < -0.4 is 18.9 Å². The van der Waals surface area contributed by atoms with Crippen LogP contribution in [0.3, 0.4) is 0 Å². The molecule has 0 atom stereocenters. The first-order chi connectivity index (χ1) is 12.4. The highest BCUT2D eigenvalue weighted by Gasteiger charge is 2.19. The summed E-state index contributed by atoms with van der Waals surface area (Å²) in [6.45, 7) is 0.505. The Morgan fingerprint density at radius 3 is 2.72 bits per heavy atom. The zero-order chi connectivity index (χ0) is 16.6. The number of hydrogen-bond donors (Lipinski definition) is 0. The van der Waals surface area contributed by atoms with E-state index >= 15 is 0 Å². The van der Waals surface area contributed by atoms with E-state index in [4.69, 9.17) is 23.5 Å². The summed E-state index contributed by atoms with van der Waals surface area (Å²) in [6, 6.07) is 11.5. The maximum atomic E-state index is 5.52. The van der Waals surface area contributed by atoms with E-state index in [1.807, 2.05) is 36.4 Å². The number of nitrogens with zero attached hydrogens (tertiary/aromatic N) is 2. The number of aryl methyl sites for hydroxylation is 2. The number of rotatable bonds is 4. The molecule has 0 unspecified atom stereocenters. The largest absolute Gasteiger partial charge is 0.454 e. The quantitative estimate of drug-likeness (QED) is 0.724. The highest BCUT2D eigenvalue weighted by Crippen LogP contribution is 2.36. The standard InChI is InChI=1S/C18H14N2O5/c1-2-11(17-14(3-1)22-10-24-17)5-7-16-19-18(20-25-16)12-4-6-13-15(8-12)23-9-21-13/h1-4,6,8H,5,7,9-10H2. The van der Waals surface area contributed by atoms with Crippen LogP contribution in [0.5, 0.6) is 23.0 Å². The Labute approximate surface area is 143 Å². The minimum Gasteiger partial charge on any atom is -0.454 e. The third-order valence-corrected chi connectivity index (χ3v) is 4.19. The van der Waals surface area contributed by atoms with Crippen LogP contribution in [0, 0.1) is 0 Å². The van der Waals surface area contributed by atoms with Crippen LogP contribution in [0.1, 0.15) is 11.5 Å². The normalized spacial score (nSPS) is 14.1. The van der Waals surface area contributed by atoms with Gasteiger partial charge in [0.05, 0.1) is 0 Å². The molecule has 0 fully saturated rings. The monoisotopic (exact) mass is 338 g/mol. The molecule has 2 aliphatic heterocycles. The molecule has 0 radical (unpaired) electrons. The molecular weight excluding hydrogens is 324 g/mol. The first-order valence-corrected chi connectivity index (χ1v) is 7.97. The minimum atomic E-state index is 0.240. The lowest BCUT2D eigenvalue weighted by atomic mass is 10.1. The van der Waals surface area contributed by atoms with Crippen molar-refractivity contribution in [3.8, 4) is 34.4 Å². The van der Waals surface area contributed by atoms with E-state index in [0.717, 1.165) is 34.8 Å². The van der Waals surface area contributed by atoms with Crippen LogP contribution in [0.4, 0.5) is 0 Å². The first kappa shape index (κ1) is 14.2. The van der Waals surface area contributed by atoms with Crippen molar-refractivity contribution in [3.05, 3.63) is 47.9 Å². The van der Waals surface area contributed by atoms with Crippen LogP contribution in [-0.2, 0) is 12.8 Å². The van der Waals surface area contributed by atoms with Crippen molar-refractivity contribution >= 4 is 0 Å². The van der Waals surface area contributed by atoms with Gasteiger partial charge in [0.15, 0.2) is 23.0 Å². The first-order valence-electron chi connectivity index (χ1n) is 7.97. The van der Waals surface area contributed by atoms with Crippen molar-refractivity contribution < 1.29 is 23.5 Å². The summed E-state index contributed by atoms with van der Waals surface area (Å²) in [4.78, 5) is 4.47. The molecule has 7 nitrogen and oxygen atoms in total. The molecule has 0 aliphatic carbocycles. The summed E-state index contributed by atoms with van der Waals surface area (Å²) < 4.78 is 27.0. The van der Waals surface area contributed by atoms with E-state index in [-0.39, 0.29) is 13.6 Å². The number of aromatic nitrogens is 2. The molecule has 0 amide bonds. The molecule has 1 aromatic heterocycles. The number of para-hydroxylation sites is 1.